The zero-order valence-corrected chi connectivity index (χ0v) is 11.6. The van der Waals surface area contributed by atoms with Crippen LogP contribution in [0.1, 0.15) is 43.5 Å². The Balaban J connectivity index is 2.53. The van der Waals surface area contributed by atoms with E-state index in [1.165, 1.54) is 18.2 Å². The molecule has 0 radical (unpaired) electrons. The molecule has 1 N–H and O–H groups in total. The van der Waals surface area contributed by atoms with Crippen LogP contribution in [-0.2, 0) is 0 Å². The molecule has 1 aromatic carbocycles. The predicted molar refractivity (Wildman–Crippen MR) is 75.3 cm³/mol. The van der Waals surface area contributed by atoms with Gasteiger partial charge in [-0.1, -0.05) is 0 Å². The number of anilines is 1. The smallest absolute Gasteiger partial charge is 0.335 e. The van der Waals surface area contributed by atoms with E-state index in [4.69, 9.17) is 5.11 Å². The van der Waals surface area contributed by atoms with Crippen molar-refractivity contribution in [2.75, 3.05) is 4.90 Å². The van der Waals surface area contributed by atoms with Crippen molar-refractivity contribution in [3.63, 3.8) is 0 Å². The first-order valence-corrected chi connectivity index (χ1v) is 6.72. The average molecular weight is 278 g/mol. The molecular formula is C14H18N2O4. The van der Waals surface area contributed by atoms with Crippen LogP contribution in [0.3, 0.4) is 0 Å². The molecule has 2 atom stereocenters. The van der Waals surface area contributed by atoms with Gasteiger partial charge < -0.3 is 10.0 Å². The van der Waals surface area contributed by atoms with Gasteiger partial charge in [-0.3, -0.25) is 10.1 Å². The third kappa shape index (κ3) is 2.59. The Labute approximate surface area is 117 Å². The van der Waals surface area contributed by atoms with E-state index in [9.17, 15) is 14.9 Å². The fraction of sp³-hybridized carbons (Fsp3) is 0.500. The van der Waals surface area contributed by atoms with Crippen LogP contribution in [0.2, 0.25) is 0 Å². The molecule has 2 rings (SSSR count). The fourth-order valence-electron chi connectivity index (χ4n) is 2.91. The van der Waals surface area contributed by atoms with Gasteiger partial charge in [-0.05, 0) is 45.2 Å². The number of rotatable bonds is 3. The second-order valence-corrected chi connectivity index (χ2v) is 5.30. The van der Waals surface area contributed by atoms with Crippen molar-refractivity contribution in [2.45, 2.75) is 45.2 Å². The molecule has 2 unspecified atom stereocenters. The first-order chi connectivity index (χ1) is 9.41. The van der Waals surface area contributed by atoms with Crippen LogP contribution in [-0.4, -0.2) is 28.1 Å². The van der Waals surface area contributed by atoms with Crippen molar-refractivity contribution < 1.29 is 14.8 Å². The molecule has 1 aliphatic rings. The zero-order chi connectivity index (χ0) is 14.9. The Morgan fingerprint density at radius 2 is 1.95 bits per heavy atom. The fourth-order valence-corrected chi connectivity index (χ4v) is 2.91. The summed E-state index contributed by atoms with van der Waals surface area (Å²) in [7, 11) is 0. The van der Waals surface area contributed by atoms with E-state index in [1.54, 1.807) is 0 Å². The van der Waals surface area contributed by atoms with Gasteiger partial charge in [-0.15, -0.1) is 0 Å². The quantitative estimate of drug-likeness (QED) is 0.678. The number of piperidine rings is 1. The van der Waals surface area contributed by atoms with E-state index >= 15 is 0 Å². The van der Waals surface area contributed by atoms with Crippen LogP contribution in [0.5, 0.6) is 0 Å². The lowest BCUT2D eigenvalue weighted by atomic mass is 9.96. The highest BCUT2D eigenvalue weighted by Gasteiger charge is 2.30. The van der Waals surface area contributed by atoms with Gasteiger partial charge in [0.05, 0.1) is 10.5 Å². The summed E-state index contributed by atoms with van der Waals surface area (Å²) in [6.07, 6.45) is 3.00. The van der Waals surface area contributed by atoms with Crippen molar-refractivity contribution in [1.82, 2.24) is 0 Å². The third-order valence-electron chi connectivity index (χ3n) is 3.89. The largest absolute Gasteiger partial charge is 0.478 e. The molecule has 1 aromatic rings. The summed E-state index contributed by atoms with van der Waals surface area (Å²) in [6, 6.07) is 4.32. The molecule has 6 nitrogen and oxygen atoms in total. The molecule has 1 saturated heterocycles. The van der Waals surface area contributed by atoms with Gasteiger partial charge in [0.1, 0.15) is 5.69 Å². The topological polar surface area (TPSA) is 83.7 Å². The Morgan fingerprint density at radius 1 is 1.35 bits per heavy atom. The number of nitro benzene ring substituents is 1. The molecule has 108 valence electrons. The van der Waals surface area contributed by atoms with Gasteiger partial charge in [-0.2, -0.15) is 0 Å². The lowest BCUT2D eigenvalue weighted by molar-refractivity contribution is -0.384. The second kappa shape index (κ2) is 5.48. The maximum atomic E-state index is 11.2. The van der Waals surface area contributed by atoms with Gasteiger partial charge in [0.2, 0.25) is 0 Å². The molecule has 0 aromatic heterocycles. The minimum atomic E-state index is -1.07. The van der Waals surface area contributed by atoms with Crippen LogP contribution in [0, 0.1) is 10.1 Å². The van der Waals surface area contributed by atoms with Crippen LogP contribution < -0.4 is 4.90 Å². The van der Waals surface area contributed by atoms with E-state index in [0.717, 1.165) is 19.3 Å². The number of hydrogen-bond acceptors (Lipinski definition) is 4. The molecule has 0 amide bonds. The lowest BCUT2D eigenvalue weighted by Crippen LogP contribution is -2.44. The number of benzene rings is 1. The number of carboxylic acids is 1. The molecule has 0 aliphatic carbocycles. The number of aromatic carboxylic acids is 1. The summed E-state index contributed by atoms with van der Waals surface area (Å²) in [5, 5.41) is 20.3. The Hall–Kier alpha value is -2.11. The predicted octanol–water partition coefficient (Wildman–Crippen LogP) is 3.06. The van der Waals surface area contributed by atoms with E-state index < -0.39 is 10.9 Å². The SMILES string of the molecule is CC1CCCC(C)N1c1cc(C(=O)O)ccc1[N+](=O)[O-]. The van der Waals surface area contributed by atoms with Crippen LogP contribution in [0.15, 0.2) is 18.2 Å². The van der Waals surface area contributed by atoms with Crippen molar-refractivity contribution in [3.05, 3.63) is 33.9 Å². The molecule has 6 heteroatoms. The van der Waals surface area contributed by atoms with E-state index in [2.05, 4.69) is 0 Å². The maximum absolute atomic E-state index is 11.2. The summed E-state index contributed by atoms with van der Waals surface area (Å²) in [5.74, 6) is -1.07. The first-order valence-electron chi connectivity index (χ1n) is 6.72. The number of hydrogen-bond donors (Lipinski definition) is 1. The summed E-state index contributed by atoms with van der Waals surface area (Å²) in [6.45, 7) is 4.04. The van der Waals surface area contributed by atoms with Gasteiger partial charge in [-0.25, -0.2) is 4.79 Å². The number of nitro groups is 1. The highest BCUT2D eigenvalue weighted by molar-refractivity contribution is 5.90. The highest BCUT2D eigenvalue weighted by Crippen LogP contribution is 2.36. The summed E-state index contributed by atoms with van der Waals surface area (Å²) in [5.41, 5.74) is 0.459. The summed E-state index contributed by atoms with van der Waals surface area (Å²) >= 11 is 0. The molecule has 1 fully saturated rings. The molecule has 0 bridgehead atoms. The Morgan fingerprint density at radius 3 is 2.45 bits per heavy atom. The van der Waals surface area contributed by atoms with Crippen LogP contribution in [0.25, 0.3) is 0 Å². The van der Waals surface area contributed by atoms with Crippen LogP contribution in [0.4, 0.5) is 11.4 Å². The number of carboxylic acid groups (broad SMARTS) is 1. The van der Waals surface area contributed by atoms with Gasteiger partial charge >= 0.3 is 5.97 Å². The monoisotopic (exact) mass is 278 g/mol. The van der Waals surface area contributed by atoms with Crippen molar-refractivity contribution in [1.29, 1.82) is 0 Å². The van der Waals surface area contributed by atoms with Gasteiger partial charge in [0.25, 0.3) is 5.69 Å². The van der Waals surface area contributed by atoms with Gasteiger partial charge in [0, 0.05) is 18.2 Å². The first kappa shape index (κ1) is 14.3. The maximum Gasteiger partial charge on any atom is 0.335 e. The molecule has 20 heavy (non-hydrogen) atoms. The lowest BCUT2D eigenvalue weighted by Gasteiger charge is -2.40. The molecule has 1 heterocycles. The third-order valence-corrected chi connectivity index (χ3v) is 3.89. The molecule has 0 saturated carbocycles. The molecule has 0 spiro atoms. The normalized spacial score (nSPS) is 22.6. The highest BCUT2D eigenvalue weighted by atomic mass is 16.6. The Kier molecular flexibility index (Phi) is 3.92. The summed E-state index contributed by atoms with van der Waals surface area (Å²) in [4.78, 5) is 23.8. The zero-order valence-electron chi connectivity index (χ0n) is 11.6. The standard InChI is InChI=1S/C14H18N2O4/c1-9-4-3-5-10(2)15(9)13-8-11(14(17)18)6-7-12(13)16(19)20/h6-10H,3-5H2,1-2H3,(H,17,18). The van der Waals surface area contributed by atoms with E-state index in [1.807, 2.05) is 18.7 Å². The van der Waals surface area contributed by atoms with E-state index in [-0.39, 0.29) is 23.3 Å². The van der Waals surface area contributed by atoms with Crippen molar-refractivity contribution in [3.8, 4) is 0 Å². The Bertz CT molecular complexity index is 534. The number of carbonyl (C=O) groups is 1. The molecule has 1 aliphatic heterocycles. The van der Waals surface area contributed by atoms with Crippen molar-refractivity contribution in [2.24, 2.45) is 0 Å². The van der Waals surface area contributed by atoms with E-state index in [0.29, 0.717) is 5.69 Å². The minimum Gasteiger partial charge on any atom is -0.478 e. The van der Waals surface area contributed by atoms with Crippen LogP contribution >= 0.6 is 0 Å². The second-order valence-electron chi connectivity index (χ2n) is 5.30. The molecular weight excluding hydrogens is 260 g/mol. The van der Waals surface area contributed by atoms with Crippen molar-refractivity contribution >= 4 is 17.3 Å². The van der Waals surface area contributed by atoms with Gasteiger partial charge in [0.15, 0.2) is 0 Å². The number of nitrogens with zero attached hydrogens (tertiary/aromatic N) is 2. The average Bonchev–Trinajstić information content (AvgIpc) is 2.38. The summed E-state index contributed by atoms with van der Waals surface area (Å²) < 4.78 is 0. The minimum absolute atomic E-state index is 0.0319.